The van der Waals surface area contributed by atoms with Crippen LogP contribution in [-0.4, -0.2) is 12.1 Å². The molecule has 25 heavy (non-hydrogen) atoms. The highest BCUT2D eigenvalue weighted by Gasteiger charge is 2.15. The Morgan fingerprint density at radius 3 is 2.60 bits per heavy atom. The molecule has 2 N–H and O–H groups in total. The van der Waals surface area contributed by atoms with Gasteiger partial charge in [-0.15, -0.1) is 0 Å². The average molecular weight is 398 g/mol. The summed E-state index contributed by atoms with van der Waals surface area (Å²) in [6.07, 6.45) is 0. The number of nitrogens with two attached hydrogens (primary N) is 1. The number of hydrogen-bond donors (Lipinski definition) is 1. The third-order valence-electron chi connectivity index (χ3n) is 3.74. The van der Waals surface area contributed by atoms with E-state index in [1.807, 2.05) is 12.1 Å². The molecule has 0 unspecified atom stereocenters. The summed E-state index contributed by atoms with van der Waals surface area (Å²) in [5.74, 6) is 0.414. The first-order valence-corrected chi connectivity index (χ1v) is 8.13. The van der Waals surface area contributed by atoms with Gasteiger partial charge in [0.15, 0.2) is 0 Å². The average Bonchev–Trinajstić information content (AvgIpc) is 2.61. The van der Waals surface area contributed by atoms with Gasteiger partial charge in [0.2, 0.25) is 0 Å². The molecule has 2 aromatic carbocycles. The lowest BCUT2D eigenvalue weighted by Crippen LogP contribution is -2.00. The fourth-order valence-corrected chi connectivity index (χ4v) is 3.08. The number of ether oxygens (including phenoxy) is 1. The molecule has 0 aliphatic heterocycles. The van der Waals surface area contributed by atoms with Crippen molar-refractivity contribution in [3.8, 4) is 34.2 Å². The number of methoxy groups -OCH3 is 1. The van der Waals surface area contributed by atoms with Crippen LogP contribution in [0.15, 0.2) is 53.0 Å². The number of rotatable bonds is 3. The fourth-order valence-electron chi connectivity index (χ4n) is 2.54. The molecule has 0 aliphatic rings. The summed E-state index contributed by atoms with van der Waals surface area (Å²) in [5, 5.41) is 9.47. The van der Waals surface area contributed by atoms with Crippen molar-refractivity contribution in [2.45, 2.75) is 0 Å². The van der Waals surface area contributed by atoms with E-state index >= 15 is 0 Å². The minimum Gasteiger partial charge on any atom is -0.496 e. The number of nitriles is 1. The predicted molar refractivity (Wildman–Crippen MR) is 98.4 cm³/mol. The molecule has 0 aliphatic carbocycles. The molecule has 3 aromatic rings. The van der Waals surface area contributed by atoms with Crippen LogP contribution in [0.2, 0.25) is 0 Å². The molecule has 0 atom stereocenters. The highest BCUT2D eigenvalue weighted by molar-refractivity contribution is 9.10. The topological polar surface area (TPSA) is 71.9 Å². The van der Waals surface area contributed by atoms with Crippen LogP contribution in [-0.2, 0) is 0 Å². The van der Waals surface area contributed by atoms with Gasteiger partial charge in [0.25, 0.3) is 0 Å². The van der Waals surface area contributed by atoms with Crippen LogP contribution in [0.3, 0.4) is 0 Å². The molecule has 0 bridgehead atoms. The third-order valence-corrected chi connectivity index (χ3v) is 4.36. The van der Waals surface area contributed by atoms with E-state index in [2.05, 4.69) is 27.0 Å². The molecule has 0 saturated carbocycles. The van der Waals surface area contributed by atoms with Crippen molar-refractivity contribution in [2.75, 3.05) is 12.8 Å². The Balaban J connectivity index is 2.22. The van der Waals surface area contributed by atoms with Crippen molar-refractivity contribution in [3.63, 3.8) is 0 Å². The zero-order valence-corrected chi connectivity index (χ0v) is 14.8. The SMILES string of the molecule is COc1ccc(-c2cc(-c3cccc(F)c3)nc(N)c2C#N)cc1Br. The molecule has 0 amide bonds. The Bertz CT molecular complexity index is 998. The normalized spacial score (nSPS) is 10.3. The molecule has 0 radical (unpaired) electrons. The summed E-state index contributed by atoms with van der Waals surface area (Å²) >= 11 is 3.44. The van der Waals surface area contributed by atoms with Gasteiger partial charge in [0.05, 0.1) is 17.3 Å². The summed E-state index contributed by atoms with van der Waals surface area (Å²) in [7, 11) is 1.58. The first kappa shape index (κ1) is 16.9. The largest absolute Gasteiger partial charge is 0.496 e. The lowest BCUT2D eigenvalue weighted by Gasteiger charge is -2.12. The molecule has 1 aromatic heterocycles. The second-order valence-corrected chi connectivity index (χ2v) is 6.14. The molecular weight excluding hydrogens is 385 g/mol. The molecule has 1 heterocycles. The maximum absolute atomic E-state index is 13.5. The quantitative estimate of drug-likeness (QED) is 0.689. The van der Waals surface area contributed by atoms with Crippen molar-refractivity contribution in [3.05, 3.63) is 64.4 Å². The third kappa shape index (κ3) is 3.32. The number of anilines is 1. The number of benzene rings is 2. The van der Waals surface area contributed by atoms with Crippen LogP contribution in [0.4, 0.5) is 10.2 Å². The first-order valence-electron chi connectivity index (χ1n) is 7.34. The molecular formula is C19H13BrFN3O. The number of halogens is 2. The van der Waals surface area contributed by atoms with Gasteiger partial charge in [0.1, 0.15) is 29.0 Å². The highest BCUT2D eigenvalue weighted by atomic mass is 79.9. The van der Waals surface area contributed by atoms with Gasteiger partial charge in [-0.05, 0) is 51.8 Å². The van der Waals surface area contributed by atoms with Crippen molar-refractivity contribution in [1.82, 2.24) is 4.98 Å². The number of nitrogen functional groups attached to an aromatic ring is 1. The van der Waals surface area contributed by atoms with Gasteiger partial charge in [-0.1, -0.05) is 18.2 Å². The molecule has 3 rings (SSSR count). The standard InChI is InChI=1S/C19H13BrFN3O/c1-25-18-6-5-11(8-16(18)20)14-9-17(24-19(23)15(14)10-22)12-3-2-4-13(21)7-12/h2-9H,1H3,(H2,23,24). The van der Waals surface area contributed by atoms with Crippen LogP contribution in [0.5, 0.6) is 5.75 Å². The van der Waals surface area contributed by atoms with E-state index in [9.17, 15) is 9.65 Å². The summed E-state index contributed by atoms with van der Waals surface area (Å²) < 4.78 is 19.5. The van der Waals surface area contributed by atoms with Crippen molar-refractivity contribution >= 4 is 21.7 Å². The summed E-state index contributed by atoms with van der Waals surface area (Å²) in [6.45, 7) is 0. The number of hydrogen-bond acceptors (Lipinski definition) is 4. The van der Waals surface area contributed by atoms with E-state index in [0.717, 1.165) is 10.0 Å². The number of pyridine rings is 1. The second kappa shape index (κ2) is 6.91. The molecule has 0 fully saturated rings. The second-order valence-electron chi connectivity index (χ2n) is 5.29. The smallest absolute Gasteiger partial charge is 0.142 e. The van der Waals surface area contributed by atoms with Crippen molar-refractivity contribution < 1.29 is 9.13 Å². The zero-order valence-electron chi connectivity index (χ0n) is 13.3. The Kier molecular flexibility index (Phi) is 4.68. The van der Waals surface area contributed by atoms with E-state index in [1.165, 1.54) is 12.1 Å². The van der Waals surface area contributed by atoms with Gasteiger partial charge < -0.3 is 10.5 Å². The van der Waals surface area contributed by atoms with Crippen LogP contribution in [0, 0.1) is 17.1 Å². The van der Waals surface area contributed by atoms with Crippen LogP contribution >= 0.6 is 15.9 Å². The Morgan fingerprint density at radius 1 is 1.16 bits per heavy atom. The highest BCUT2D eigenvalue weighted by Crippen LogP contribution is 2.35. The van der Waals surface area contributed by atoms with Gasteiger partial charge in [0, 0.05) is 11.1 Å². The van der Waals surface area contributed by atoms with Gasteiger partial charge in [-0.2, -0.15) is 5.26 Å². The summed E-state index contributed by atoms with van der Waals surface area (Å²) in [6, 6.07) is 15.4. The van der Waals surface area contributed by atoms with Gasteiger partial charge in [-0.25, -0.2) is 9.37 Å². The maximum atomic E-state index is 13.5. The Labute approximate surface area is 152 Å². The van der Waals surface area contributed by atoms with Crippen LogP contribution < -0.4 is 10.5 Å². The van der Waals surface area contributed by atoms with E-state index in [0.29, 0.717) is 22.6 Å². The Morgan fingerprint density at radius 2 is 1.96 bits per heavy atom. The minimum atomic E-state index is -0.365. The lowest BCUT2D eigenvalue weighted by molar-refractivity contribution is 0.412. The van der Waals surface area contributed by atoms with Crippen LogP contribution in [0.25, 0.3) is 22.4 Å². The molecule has 4 nitrogen and oxygen atoms in total. The van der Waals surface area contributed by atoms with Crippen LogP contribution in [0.1, 0.15) is 5.56 Å². The zero-order chi connectivity index (χ0) is 18.0. The van der Waals surface area contributed by atoms with Crippen molar-refractivity contribution in [1.29, 1.82) is 5.26 Å². The lowest BCUT2D eigenvalue weighted by atomic mass is 9.98. The monoisotopic (exact) mass is 397 g/mol. The maximum Gasteiger partial charge on any atom is 0.142 e. The number of nitrogens with zero attached hydrogens (tertiary/aromatic N) is 2. The van der Waals surface area contributed by atoms with E-state index in [4.69, 9.17) is 10.5 Å². The summed E-state index contributed by atoms with van der Waals surface area (Å²) in [4.78, 5) is 4.25. The molecule has 6 heteroatoms. The number of aromatic nitrogens is 1. The first-order chi connectivity index (χ1) is 12.0. The van der Waals surface area contributed by atoms with E-state index < -0.39 is 0 Å². The van der Waals surface area contributed by atoms with Crippen molar-refractivity contribution in [2.24, 2.45) is 0 Å². The van der Waals surface area contributed by atoms with Gasteiger partial charge in [-0.3, -0.25) is 0 Å². The molecule has 0 spiro atoms. The van der Waals surface area contributed by atoms with Gasteiger partial charge >= 0.3 is 0 Å². The van der Waals surface area contributed by atoms with E-state index in [1.54, 1.807) is 31.4 Å². The Hall–Kier alpha value is -2.91. The summed E-state index contributed by atoms with van der Waals surface area (Å²) in [5.41, 5.74) is 8.73. The molecule has 0 saturated heterocycles. The fraction of sp³-hybridized carbons (Fsp3) is 0.0526. The predicted octanol–water partition coefficient (Wildman–Crippen LogP) is 4.78. The minimum absolute atomic E-state index is 0.103. The molecule has 124 valence electrons. The van der Waals surface area contributed by atoms with E-state index in [-0.39, 0.29) is 17.2 Å².